The Morgan fingerprint density at radius 1 is 1.20 bits per heavy atom. The zero-order chi connectivity index (χ0) is 18.3. The van der Waals surface area contributed by atoms with Crippen LogP contribution < -0.4 is 0 Å². The molecule has 140 valence electrons. The van der Waals surface area contributed by atoms with Gasteiger partial charge in [-0.15, -0.1) is 6.58 Å². The van der Waals surface area contributed by atoms with Crippen molar-refractivity contribution < 1.29 is 19.7 Å². The smallest absolute Gasteiger partial charge is 0.163 e. The molecule has 1 saturated heterocycles. The summed E-state index contributed by atoms with van der Waals surface area (Å²) in [5.74, 6) is -0.642. The lowest BCUT2D eigenvalue weighted by atomic mass is 9.96. The van der Waals surface area contributed by atoms with Crippen LogP contribution in [-0.2, 0) is 15.9 Å². The van der Waals surface area contributed by atoms with Crippen LogP contribution in [0.5, 0.6) is 0 Å². The van der Waals surface area contributed by atoms with Crippen molar-refractivity contribution in [2.24, 2.45) is 0 Å². The maximum absolute atomic E-state index is 10.2. The highest BCUT2D eigenvalue weighted by molar-refractivity contribution is 5.14. The molecule has 2 rings (SSSR count). The molecule has 0 unspecified atom stereocenters. The van der Waals surface area contributed by atoms with Gasteiger partial charge >= 0.3 is 0 Å². The molecule has 4 heteroatoms. The number of hydrogen-bond donors (Lipinski definition) is 2. The van der Waals surface area contributed by atoms with Crippen molar-refractivity contribution in [1.82, 2.24) is 0 Å². The van der Waals surface area contributed by atoms with E-state index in [1.807, 2.05) is 19.9 Å². The van der Waals surface area contributed by atoms with Crippen LogP contribution in [0.3, 0.4) is 0 Å². The molecule has 0 aliphatic carbocycles. The van der Waals surface area contributed by atoms with Crippen molar-refractivity contribution in [3.8, 4) is 0 Å². The molecule has 1 fully saturated rings. The first-order valence-corrected chi connectivity index (χ1v) is 9.26. The summed E-state index contributed by atoms with van der Waals surface area (Å²) in [5.41, 5.74) is 1.35. The number of hydrogen-bond acceptors (Lipinski definition) is 4. The standard InChI is InChI=1S/C21H32O4/c1-4-17(22)13-18(23)14-20-15-19(24-21(2,3)25-20)12-8-11-16-9-6-5-7-10-16/h4-7,9-10,17-20,22-23H,1,8,11-15H2,2-3H3/t17-,18+,19+,20-/m0/s1. The van der Waals surface area contributed by atoms with Crippen LogP contribution in [-0.4, -0.2) is 40.4 Å². The summed E-state index contributed by atoms with van der Waals surface area (Å²) >= 11 is 0. The van der Waals surface area contributed by atoms with E-state index in [1.54, 1.807) is 0 Å². The van der Waals surface area contributed by atoms with Gasteiger partial charge in [0.2, 0.25) is 0 Å². The van der Waals surface area contributed by atoms with E-state index >= 15 is 0 Å². The Bertz CT molecular complexity index is 514. The van der Waals surface area contributed by atoms with Gasteiger partial charge in [-0.2, -0.15) is 0 Å². The number of ether oxygens (including phenoxy) is 2. The van der Waals surface area contributed by atoms with Crippen molar-refractivity contribution >= 4 is 0 Å². The molecule has 4 nitrogen and oxygen atoms in total. The Hall–Kier alpha value is -1.20. The largest absolute Gasteiger partial charge is 0.393 e. The summed E-state index contributed by atoms with van der Waals surface area (Å²) in [4.78, 5) is 0. The molecule has 4 atom stereocenters. The highest BCUT2D eigenvalue weighted by atomic mass is 16.7. The fraction of sp³-hybridized carbons (Fsp3) is 0.619. The maximum Gasteiger partial charge on any atom is 0.163 e. The van der Waals surface area contributed by atoms with Gasteiger partial charge in [0.15, 0.2) is 5.79 Å². The minimum absolute atomic E-state index is 0.0579. The van der Waals surface area contributed by atoms with E-state index in [2.05, 4.69) is 30.8 Å². The van der Waals surface area contributed by atoms with Crippen LogP contribution in [0.4, 0.5) is 0 Å². The lowest BCUT2D eigenvalue weighted by Gasteiger charge is -2.41. The van der Waals surface area contributed by atoms with Crippen LogP contribution in [0.25, 0.3) is 0 Å². The molecule has 1 aromatic carbocycles. The van der Waals surface area contributed by atoms with Gasteiger partial charge in [-0.3, -0.25) is 0 Å². The topological polar surface area (TPSA) is 58.9 Å². The third-order valence-electron chi connectivity index (χ3n) is 4.58. The summed E-state index contributed by atoms with van der Waals surface area (Å²) in [6.07, 6.45) is 4.91. The second-order valence-corrected chi connectivity index (χ2v) is 7.42. The third-order valence-corrected chi connectivity index (χ3v) is 4.58. The van der Waals surface area contributed by atoms with E-state index in [1.165, 1.54) is 11.6 Å². The molecule has 0 saturated carbocycles. The number of rotatable bonds is 9. The van der Waals surface area contributed by atoms with E-state index in [4.69, 9.17) is 9.47 Å². The molecule has 2 N–H and O–H groups in total. The summed E-state index contributed by atoms with van der Waals surface area (Å²) in [6.45, 7) is 7.39. The molecule has 0 bridgehead atoms. The molecule has 0 radical (unpaired) electrons. The van der Waals surface area contributed by atoms with Gasteiger partial charge in [-0.25, -0.2) is 0 Å². The SMILES string of the molecule is C=C[C@H](O)C[C@@H](O)C[C@H]1C[C@@H](CCCc2ccccc2)OC(C)(C)O1. The fourth-order valence-corrected chi connectivity index (χ4v) is 3.49. The average molecular weight is 348 g/mol. The average Bonchev–Trinajstić information content (AvgIpc) is 2.54. The minimum atomic E-state index is -0.676. The molecule has 0 amide bonds. The summed E-state index contributed by atoms with van der Waals surface area (Å²) in [7, 11) is 0. The second kappa shape index (κ2) is 9.48. The normalized spacial score (nSPS) is 25.3. The van der Waals surface area contributed by atoms with Gasteiger partial charge in [0.05, 0.1) is 24.4 Å². The molecule has 1 aromatic rings. The zero-order valence-electron chi connectivity index (χ0n) is 15.4. The molecule has 1 aliphatic heterocycles. The third kappa shape index (κ3) is 7.28. The van der Waals surface area contributed by atoms with Crippen molar-refractivity contribution in [3.63, 3.8) is 0 Å². The van der Waals surface area contributed by atoms with E-state index in [0.29, 0.717) is 12.8 Å². The van der Waals surface area contributed by atoms with Crippen LogP contribution in [0.2, 0.25) is 0 Å². The quantitative estimate of drug-likeness (QED) is 0.669. The number of benzene rings is 1. The van der Waals surface area contributed by atoms with E-state index in [-0.39, 0.29) is 12.2 Å². The lowest BCUT2D eigenvalue weighted by Crippen LogP contribution is -2.45. The summed E-state index contributed by atoms with van der Waals surface area (Å²) in [6, 6.07) is 10.5. The fourth-order valence-electron chi connectivity index (χ4n) is 3.49. The van der Waals surface area contributed by atoms with Crippen LogP contribution in [0.1, 0.15) is 51.5 Å². The molecular weight excluding hydrogens is 316 g/mol. The first kappa shape index (κ1) is 20.1. The molecule has 0 spiro atoms. The number of aryl methyl sites for hydroxylation is 1. The molecule has 0 aromatic heterocycles. The molecule has 1 heterocycles. The van der Waals surface area contributed by atoms with Crippen molar-refractivity contribution in [1.29, 1.82) is 0 Å². The minimum Gasteiger partial charge on any atom is -0.393 e. The van der Waals surface area contributed by atoms with E-state index in [9.17, 15) is 10.2 Å². The van der Waals surface area contributed by atoms with Gasteiger partial charge in [0.25, 0.3) is 0 Å². The Morgan fingerprint density at radius 3 is 2.56 bits per heavy atom. The number of aliphatic hydroxyl groups is 2. The van der Waals surface area contributed by atoms with Crippen LogP contribution >= 0.6 is 0 Å². The Morgan fingerprint density at radius 2 is 1.88 bits per heavy atom. The Kier molecular flexibility index (Phi) is 7.63. The summed E-state index contributed by atoms with van der Waals surface area (Å²) < 4.78 is 12.0. The van der Waals surface area contributed by atoms with Gasteiger partial charge in [0.1, 0.15) is 0 Å². The van der Waals surface area contributed by atoms with Crippen LogP contribution in [0.15, 0.2) is 43.0 Å². The predicted octanol–water partition coefficient (Wildman–Crippen LogP) is 3.61. The van der Waals surface area contributed by atoms with Crippen LogP contribution in [0, 0.1) is 0 Å². The Balaban J connectivity index is 1.81. The lowest BCUT2D eigenvalue weighted by molar-refractivity contribution is -0.303. The second-order valence-electron chi connectivity index (χ2n) is 7.42. The highest BCUT2D eigenvalue weighted by Crippen LogP contribution is 2.31. The van der Waals surface area contributed by atoms with Gasteiger partial charge < -0.3 is 19.7 Å². The van der Waals surface area contributed by atoms with Gasteiger partial charge in [-0.05, 0) is 45.1 Å². The molecule has 25 heavy (non-hydrogen) atoms. The predicted molar refractivity (Wildman–Crippen MR) is 99.3 cm³/mol. The zero-order valence-corrected chi connectivity index (χ0v) is 15.4. The first-order valence-electron chi connectivity index (χ1n) is 9.26. The van der Waals surface area contributed by atoms with Crippen molar-refractivity contribution in [2.45, 2.75) is 82.6 Å². The highest BCUT2D eigenvalue weighted by Gasteiger charge is 2.36. The van der Waals surface area contributed by atoms with E-state index < -0.39 is 18.0 Å². The monoisotopic (exact) mass is 348 g/mol. The van der Waals surface area contributed by atoms with Crippen molar-refractivity contribution in [3.05, 3.63) is 48.6 Å². The molecular formula is C21H32O4. The number of aliphatic hydroxyl groups excluding tert-OH is 2. The van der Waals surface area contributed by atoms with Gasteiger partial charge in [-0.1, -0.05) is 36.4 Å². The summed E-state index contributed by atoms with van der Waals surface area (Å²) in [5, 5.41) is 19.7. The van der Waals surface area contributed by atoms with Gasteiger partial charge in [0, 0.05) is 12.8 Å². The Labute approximate surface area is 151 Å². The first-order chi connectivity index (χ1) is 11.9. The van der Waals surface area contributed by atoms with E-state index in [0.717, 1.165) is 25.7 Å². The molecule has 1 aliphatic rings. The van der Waals surface area contributed by atoms with Crippen molar-refractivity contribution in [2.75, 3.05) is 0 Å². The maximum atomic E-state index is 10.2.